The van der Waals surface area contributed by atoms with Gasteiger partial charge < -0.3 is 10.1 Å². The smallest absolute Gasteiger partial charge is 0.272 e. The van der Waals surface area contributed by atoms with Gasteiger partial charge in [-0.15, -0.1) is 0 Å². The summed E-state index contributed by atoms with van der Waals surface area (Å²) < 4.78 is 8.83. The summed E-state index contributed by atoms with van der Waals surface area (Å²) in [6, 6.07) is 13.6. The number of carbonyl (C=O) groups excluding carboxylic acids is 1. The monoisotopic (exact) mass is 412 g/mol. The summed E-state index contributed by atoms with van der Waals surface area (Å²) in [4.78, 5) is 16.3. The number of benzene rings is 1. The van der Waals surface area contributed by atoms with Crippen LogP contribution in [0.25, 0.3) is 0 Å². The highest BCUT2D eigenvalue weighted by atomic mass is 79.9. The second-order valence-corrected chi connectivity index (χ2v) is 7.01. The van der Waals surface area contributed by atoms with Crippen LogP contribution < -0.4 is 5.32 Å². The van der Waals surface area contributed by atoms with E-state index in [2.05, 4.69) is 31.3 Å². The Kier molecular flexibility index (Phi) is 4.81. The van der Waals surface area contributed by atoms with Crippen molar-refractivity contribution in [2.45, 2.75) is 25.8 Å². The van der Waals surface area contributed by atoms with Crippen LogP contribution in [-0.2, 0) is 24.4 Å². The SMILES string of the molecule is O=C(NCc1ccncc1)c1cc2n(n1)C[C@@H](c1ccc(Br)cc1)OC2. The molecular formula is C19H17BrN4O2. The third-order valence-corrected chi connectivity index (χ3v) is 4.84. The molecule has 4 rings (SSSR count). The topological polar surface area (TPSA) is 69.0 Å². The molecule has 0 spiro atoms. The molecule has 3 heterocycles. The van der Waals surface area contributed by atoms with Crippen molar-refractivity contribution in [3.8, 4) is 0 Å². The van der Waals surface area contributed by atoms with Crippen LogP contribution >= 0.6 is 15.9 Å². The molecule has 0 saturated heterocycles. The van der Waals surface area contributed by atoms with Crippen LogP contribution in [0.1, 0.15) is 33.4 Å². The number of aromatic nitrogens is 3. The van der Waals surface area contributed by atoms with E-state index in [9.17, 15) is 4.79 Å². The van der Waals surface area contributed by atoms with Crippen molar-refractivity contribution in [3.05, 3.63) is 81.8 Å². The fourth-order valence-corrected chi connectivity index (χ4v) is 3.15. The zero-order valence-corrected chi connectivity index (χ0v) is 15.5. The maximum absolute atomic E-state index is 12.4. The first-order chi connectivity index (χ1) is 12.7. The third kappa shape index (κ3) is 3.68. The zero-order valence-electron chi connectivity index (χ0n) is 13.9. The molecule has 1 aliphatic heterocycles. The third-order valence-electron chi connectivity index (χ3n) is 4.31. The van der Waals surface area contributed by atoms with Crippen molar-refractivity contribution < 1.29 is 9.53 Å². The van der Waals surface area contributed by atoms with Crippen LogP contribution in [-0.4, -0.2) is 20.7 Å². The number of fused-ring (bicyclic) bond motifs is 1. The van der Waals surface area contributed by atoms with E-state index in [4.69, 9.17) is 4.74 Å². The van der Waals surface area contributed by atoms with Crippen molar-refractivity contribution in [2.24, 2.45) is 0 Å². The minimum absolute atomic E-state index is 0.0665. The minimum Gasteiger partial charge on any atom is -0.365 e. The molecule has 0 radical (unpaired) electrons. The molecule has 6 nitrogen and oxygen atoms in total. The predicted octanol–water partition coefficient (Wildman–Crippen LogP) is 3.24. The fourth-order valence-electron chi connectivity index (χ4n) is 2.89. The van der Waals surface area contributed by atoms with Gasteiger partial charge in [-0.1, -0.05) is 28.1 Å². The number of halogens is 1. The Morgan fingerprint density at radius 1 is 1.23 bits per heavy atom. The molecule has 0 unspecified atom stereocenters. The van der Waals surface area contributed by atoms with Crippen molar-refractivity contribution in [1.29, 1.82) is 0 Å². The molecular weight excluding hydrogens is 396 g/mol. The second kappa shape index (κ2) is 7.39. The quantitative estimate of drug-likeness (QED) is 0.713. The summed E-state index contributed by atoms with van der Waals surface area (Å²) in [6.45, 7) is 1.47. The van der Waals surface area contributed by atoms with Crippen LogP contribution in [0.2, 0.25) is 0 Å². The number of ether oxygens (including phenoxy) is 1. The molecule has 0 bridgehead atoms. The highest BCUT2D eigenvalue weighted by Gasteiger charge is 2.24. The number of rotatable bonds is 4. The molecule has 1 atom stereocenters. The van der Waals surface area contributed by atoms with E-state index < -0.39 is 0 Å². The van der Waals surface area contributed by atoms with Gasteiger partial charge in [0.1, 0.15) is 6.10 Å². The standard InChI is InChI=1S/C19H17BrN4O2/c20-15-3-1-14(2-4-15)18-11-24-16(12-26-18)9-17(23-24)19(25)22-10-13-5-7-21-8-6-13/h1-9,18H,10-12H2,(H,22,25)/t18-/m0/s1. The van der Waals surface area contributed by atoms with Gasteiger partial charge in [-0.3, -0.25) is 14.5 Å². The van der Waals surface area contributed by atoms with E-state index in [-0.39, 0.29) is 12.0 Å². The lowest BCUT2D eigenvalue weighted by Crippen LogP contribution is -2.24. The van der Waals surface area contributed by atoms with E-state index in [1.54, 1.807) is 18.5 Å². The Morgan fingerprint density at radius 3 is 2.77 bits per heavy atom. The van der Waals surface area contributed by atoms with Crippen molar-refractivity contribution in [1.82, 2.24) is 20.1 Å². The summed E-state index contributed by atoms with van der Waals surface area (Å²) in [5.41, 5.74) is 3.41. The van der Waals surface area contributed by atoms with E-state index >= 15 is 0 Å². The van der Waals surface area contributed by atoms with Crippen molar-refractivity contribution >= 4 is 21.8 Å². The number of carbonyl (C=O) groups is 1. The molecule has 132 valence electrons. The molecule has 7 heteroatoms. The fraction of sp³-hybridized carbons (Fsp3) is 0.211. The van der Waals surface area contributed by atoms with E-state index in [1.807, 2.05) is 41.1 Å². The van der Waals surface area contributed by atoms with E-state index in [0.717, 1.165) is 21.3 Å². The van der Waals surface area contributed by atoms with Crippen LogP contribution in [0.15, 0.2) is 59.3 Å². The predicted molar refractivity (Wildman–Crippen MR) is 99.3 cm³/mol. The van der Waals surface area contributed by atoms with Crippen LogP contribution in [0.3, 0.4) is 0 Å². The second-order valence-electron chi connectivity index (χ2n) is 6.09. The van der Waals surface area contributed by atoms with Gasteiger partial charge in [0, 0.05) is 23.4 Å². The Hall–Kier alpha value is -2.51. The van der Waals surface area contributed by atoms with Crippen molar-refractivity contribution in [3.63, 3.8) is 0 Å². The van der Waals surface area contributed by atoms with Gasteiger partial charge in [0.25, 0.3) is 5.91 Å². The summed E-state index contributed by atoms with van der Waals surface area (Å²) in [5.74, 6) is -0.191. The van der Waals surface area contributed by atoms with Gasteiger partial charge in [0.05, 0.1) is 18.8 Å². The summed E-state index contributed by atoms with van der Waals surface area (Å²) >= 11 is 3.44. The highest BCUT2D eigenvalue weighted by Crippen LogP contribution is 2.27. The number of nitrogens with one attached hydrogen (secondary N) is 1. The Balaban J connectivity index is 1.43. The first-order valence-electron chi connectivity index (χ1n) is 8.30. The maximum Gasteiger partial charge on any atom is 0.272 e. The summed E-state index contributed by atoms with van der Waals surface area (Å²) in [5, 5.41) is 7.34. The number of hydrogen-bond donors (Lipinski definition) is 1. The normalized spacial score (nSPS) is 16.1. The van der Waals surface area contributed by atoms with E-state index in [1.165, 1.54) is 0 Å². The molecule has 1 aliphatic rings. The van der Waals surface area contributed by atoms with E-state index in [0.29, 0.717) is 25.4 Å². The zero-order chi connectivity index (χ0) is 17.9. The van der Waals surface area contributed by atoms with Gasteiger partial charge in [0.2, 0.25) is 0 Å². The van der Waals surface area contributed by atoms with Crippen LogP contribution in [0.4, 0.5) is 0 Å². The maximum atomic E-state index is 12.4. The van der Waals surface area contributed by atoms with Gasteiger partial charge in [-0.2, -0.15) is 5.10 Å². The lowest BCUT2D eigenvalue weighted by Gasteiger charge is -2.24. The Bertz CT molecular complexity index is 909. The van der Waals surface area contributed by atoms with Crippen LogP contribution in [0.5, 0.6) is 0 Å². The van der Waals surface area contributed by atoms with Crippen LogP contribution in [0, 0.1) is 0 Å². The molecule has 2 aromatic heterocycles. The Labute approximate surface area is 159 Å². The number of nitrogens with zero attached hydrogens (tertiary/aromatic N) is 3. The molecule has 0 aliphatic carbocycles. The number of amides is 1. The molecule has 1 N–H and O–H groups in total. The minimum atomic E-state index is -0.191. The molecule has 0 saturated carbocycles. The number of hydrogen-bond acceptors (Lipinski definition) is 4. The molecule has 1 amide bonds. The summed E-state index contributed by atoms with van der Waals surface area (Å²) in [7, 11) is 0. The molecule has 26 heavy (non-hydrogen) atoms. The molecule has 0 fully saturated rings. The average molecular weight is 413 g/mol. The Morgan fingerprint density at radius 2 is 2.00 bits per heavy atom. The van der Waals surface area contributed by atoms with Crippen molar-refractivity contribution in [2.75, 3.05) is 0 Å². The first kappa shape index (κ1) is 16.9. The van der Waals surface area contributed by atoms with Gasteiger partial charge >= 0.3 is 0 Å². The average Bonchev–Trinajstić information content (AvgIpc) is 3.11. The molecule has 1 aromatic carbocycles. The van der Waals surface area contributed by atoms with Gasteiger partial charge in [-0.25, -0.2) is 0 Å². The largest absolute Gasteiger partial charge is 0.365 e. The first-order valence-corrected chi connectivity index (χ1v) is 9.09. The lowest BCUT2D eigenvalue weighted by atomic mass is 10.1. The number of pyridine rings is 1. The van der Waals surface area contributed by atoms with Gasteiger partial charge in [-0.05, 0) is 41.5 Å². The lowest BCUT2D eigenvalue weighted by molar-refractivity contribution is -0.00120. The summed E-state index contributed by atoms with van der Waals surface area (Å²) in [6.07, 6.45) is 3.34. The van der Waals surface area contributed by atoms with Gasteiger partial charge in [0.15, 0.2) is 5.69 Å². The molecule has 3 aromatic rings. The highest BCUT2D eigenvalue weighted by molar-refractivity contribution is 9.10.